The molecule has 0 unspecified atom stereocenters. The fourth-order valence-corrected chi connectivity index (χ4v) is 4.01. The van der Waals surface area contributed by atoms with Gasteiger partial charge < -0.3 is 5.32 Å². The third-order valence-electron chi connectivity index (χ3n) is 3.31. The summed E-state index contributed by atoms with van der Waals surface area (Å²) in [7, 11) is 0. The molecule has 0 aliphatic heterocycles. The Morgan fingerprint density at radius 2 is 1.88 bits per heavy atom. The summed E-state index contributed by atoms with van der Waals surface area (Å²) in [5.41, 5.74) is 2.85. The van der Waals surface area contributed by atoms with Gasteiger partial charge in [0.1, 0.15) is 0 Å². The highest BCUT2D eigenvalue weighted by atomic mass is 32.2. The van der Waals surface area contributed by atoms with Gasteiger partial charge in [0.05, 0.1) is 33.2 Å². The van der Waals surface area contributed by atoms with Crippen molar-refractivity contribution >= 4 is 29.0 Å². The van der Waals surface area contributed by atoms with Gasteiger partial charge in [0, 0.05) is 11.1 Å². The predicted octanol–water partition coefficient (Wildman–Crippen LogP) is 4.24. The molecule has 6 heteroatoms. The standard InChI is InChI=1S/C18H17N3OS2/c1-12-3-5-15(6-4-12)23-17-8-7-16(24-17)18(22)21-11-14-10-19-13(2)9-20-14/h3-10H,11H2,1-2H3,(H,21,22). The van der Waals surface area contributed by atoms with Gasteiger partial charge in [-0.25, -0.2) is 0 Å². The molecule has 0 aliphatic rings. The van der Waals surface area contributed by atoms with Crippen LogP contribution < -0.4 is 5.32 Å². The van der Waals surface area contributed by atoms with Crippen molar-refractivity contribution in [1.82, 2.24) is 15.3 Å². The third-order valence-corrected chi connectivity index (χ3v) is 5.53. The van der Waals surface area contributed by atoms with E-state index in [4.69, 9.17) is 0 Å². The molecule has 4 nitrogen and oxygen atoms in total. The largest absolute Gasteiger partial charge is 0.346 e. The minimum atomic E-state index is -0.0851. The van der Waals surface area contributed by atoms with Gasteiger partial charge in [-0.1, -0.05) is 29.5 Å². The Balaban J connectivity index is 1.59. The topological polar surface area (TPSA) is 54.9 Å². The van der Waals surface area contributed by atoms with Crippen molar-refractivity contribution in [2.24, 2.45) is 0 Å². The quantitative estimate of drug-likeness (QED) is 0.744. The number of hydrogen-bond acceptors (Lipinski definition) is 5. The SMILES string of the molecule is Cc1ccc(Sc2ccc(C(=O)NCc3cnc(C)cn3)s2)cc1. The van der Waals surface area contributed by atoms with Gasteiger partial charge in [0.15, 0.2) is 0 Å². The number of hydrogen-bond donors (Lipinski definition) is 1. The lowest BCUT2D eigenvalue weighted by Gasteiger charge is -2.03. The molecule has 0 aliphatic carbocycles. The number of aryl methyl sites for hydroxylation is 2. The first kappa shape index (κ1) is 16.7. The fourth-order valence-electron chi connectivity index (χ4n) is 1.99. The molecule has 1 amide bonds. The summed E-state index contributed by atoms with van der Waals surface area (Å²) in [6.45, 7) is 4.33. The van der Waals surface area contributed by atoms with Crippen LogP contribution in [0.1, 0.15) is 26.6 Å². The Bertz CT molecular complexity index is 826. The molecule has 0 radical (unpaired) electrons. The lowest BCUT2D eigenvalue weighted by Crippen LogP contribution is -2.22. The second-order valence-electron chi connectivity index (χ2n) is 5.37. The van der Waals surface area contributed by atoms with Gasteiger partial charge in [0.2, 0.25) is 0 Å². The highest BCUT2D eigenvalue weighted by Crippen LogP contribution is 2.33. The highest BCUT2D eigenvalue weighted by molar-refractivity contribution is 8.01. The van der Waals surface area contributed by atoms with Crippen LogP contribution in [0.5, 0.6) is 0 Å². The lowest BCUT2D eigenvalue weighted by molar-refractivity contribution is 0.0954. The van der Waals surface area contributed by atoms with E-state index in [0.29, 0.717) is 11.4 Å². The summed E-state index contributed by atoms with van der Waals surface area (Å²) < 4.78 is 1.10. The summed E-state index contributed by atoms with van der Waals surface area (Å²) in [6, 6.07) is 12.2. The van der Waals surface area contributed by atoms with E-state index in [2.05, 4.69) is 46.5 Å². The molecule has 0 spiro atoms. The van der Waals surface area contributed by atoms with E-state index >= 15 is 0 Å². The van der Waals surface area contributed by atoms with Crippen molar-refractivity contribution in [2.45, 2.75) is 29.5 Å². The number of rotatable bonds is 5. The molecule has 1 aromatic carbocycles. The second kappa shape index (κ2) is 7.59. The summed E-state index contributed by atoms with van der Waals surface area (Å²) in [5, 5.41) is 2.88. The Morgan fingerprint density at radius 3 is 2.58 bits per heavy atom. The van der Waals surface area contributed by atoms with E-state index in [1.807, 2.05) is 19.1 Å². The van der Waals surface area contributed by atoms with Gasteiger partial charge in [-0.3, -0.25) is 14.8 Å². The zero-order valence-electron chi connectivity index (χ0n) is 13.4. The zero-order valence-corrected chi connectivity index (χ0v) is 15.1. The molecular formula is C18H17N3OS2. The van der Waals surface area contributed by atoms with Crippen molar-refractivity contribution in [1.29, 1.82) is 0 Å². The number of carbonyl (C=O) groups is 1. The number of nitrogens with zero attached hydrogens (tertiary/aromatic N) is 2. The smallest absolute Gasteiger partial charge is 0.261 e. The molecule has 0 saturated heterocycles. The molecule has 2 heterocycles. The first-order valence-corrected chi connectivity index (χ1v) is 9.13. The van der Waals surface area contributed by atoms with Gasteiger partial charge in [0.25, 0.3) is 5.91 Å². The number of aromatic nitrogens is 2. The molecule has 0 atom stereocenters. The van der Waals surface area contributed by atoms with E-state index in [1.165, 1.54) is 21.8 Å². The van der Waals surface area contributed by atoms with Crippen LogP contribution in [0.3, 0.4) is 0 Å². The first-order valence-electron chi connectivity index (χ1n) is 7.50. The molecule has 3 aromatic rings. The van der Waals surface area contributed by atoms with Crippen LogP contribution in [-0.2, 0) is 6.54 Å². The summed E-state index contributed by atoms with van der Waals surface area (Å²) in [6.07, 6.45) is 3.38. The molecule has 24 heavy (non-hydrogen) atoms. The van der Waals surface area contributed by atoms with Gasteiger partial charge in [-0.15, -0.1) is 11.3 Å². The average molecular weight is 355 g/mol. The fraction of sp³-hybridized carbons (Fsp3) is 0.167. The monoisotopic (exact) mass is 355 g/mol. The molecule has 1 N–H and O–H groups in total. The molecule has 0 bridgehead atoms. The van der Waals surface area contributed by atoms with Crippen LogP contribution >= 0.6 is 23.1 Å². The number of amides is 1. The van der Waals surface area contributed by atoms with Crippen molar-refractivity contribution in [3.63, 3.8) is 0 Å². The average Bonchev–Trinajstić information content (AvgIpc) is 3.05. The van der Waals surface area contributed by atoms with Crippen LogP contribution in [0, 0.1) is 13.8 Å². The number of thiophene rings is 1. The Hall–Kier alpha value is -2.18. The molecule has 2 aromatic heterocycles. The molecule has 122 valence electrons. The highest BCUT2D eigenvalue weighted by Gasteiger charge is 2.10. The van der Waals surface area contributed by atoms with Crippen LogP contribution in [0.15, 0.2) is 57.9 Å². The second-order valence-corrected chi connectivity index (χ2v) is 7.82. The van der Waals surface area contributed by atoms with E-state index in [-0.39, 0.29) is 5.91 Å². The molecule has 0 fully saturated rings. The minimum absolute atomic E-state index is 0.0851. The van der Waals surface area contributed by atoms with Crippen LogP contribution in [0.2, 0.25) is 0 Å². The van der Waals surface area contributed by atoms with Crippen molar-refractivity contribution in [3.05, 3.63) is 70.6 Å². The van der Waals surface area contributed by atoms with E-state index in [9.17, 15) is 4.79 Å². The molecular weight excluding hydrogens is 338 g/mol. The predicted molar refractivity (Wildman–Crippen MR) is 97.6 cm³/mol. The number of benzene rings is 1. The maximum absolute atomic E-state index is 12.2. The minimum Gasteiger partial charge on any atom is -0.346 e. The van der Waals surface area contributed by atoms with E-state index in [0.717, 1.165) is 15.6 Å². The lowest BCUT2D eigenvalue weighted by atomic mass is 10.2. The van der Waals surface area contributed by atoms with Crippen LogP contribution in [0.25, 0.3) is 0 Å². The van der Waals surface area contributed by atoms with Crippen molar-refractivity contribution < 1.29 is 4.79 Å². The van der Waals surface area contributed by atoms with Crippen molar-refractivity contribution in [2.75, 3.05) is 0 Å². The third kappa shape index (κ3) is 4.43. The van der Waals surface area contributed by atoms with Crippen LogP contribution in [0.4, 0.5) is 0 Å². The Kier molecular flexibility index (Phi) is 5.27. The number of nitrogens with one attached hydrogen (secondary N) is 1. The summed E-state index contributed by atoms with van der Waals surface area (Å²) >= 11 is 3.16. The summed E-state index contributed by atoms with van der Waals surface area (Å²) in [4.78, 5) is 22.5. The normalized spacial score (nSPS) is 10.6. The maximum atomic E-state index is 12.2. The molecule has 3 rings (SSSR count). The molecule has 0 saturated carbocycles. The van der Waals surface area contributed by atoms with E-state index in [1.54, 1.807) is 24.2 Å². The van der Waals surface area contributed by atoms with Gasteiger partial charge >= 0.3 is 0 Å². The van der Waals surface area contributed by atoms with Gasteiger partial charge in [-0.05, 0) is 38.1 Å². The first-order chi connectivity index (χ1) is 11.6. The van der Waals surface area contributed by atoms with Crippen molar-refractivity contribution in [3.8, 4) is 0 Å². The Morgan fingerprint density at radius 1 is 1.08 bits per heavy atom. The van der Waals surface area contributed by atoms with Crippen LogP contribution in [-0.4, -0.2) is 15.9 Å². The van der Waals surface area contributed by atoms with E-state index < -0.39 is 0 Å². The maximum Gasteiger partial charge on any atom is 0.261 e. The zero-order chi connectivity index (χ0) is 16.9. The Labute approximate surface area is 149 Å². The summed E-state index contributed by atoms with van der Waals surface area (Å²) in [5.74, 6) is -0.0851. The van der Waals surface area contributed by atoms with Gasteiger partial charge in [-0.2, -0.15) is 0 Å². The number of carbonyl (C=O) groups excluding carboxylic acids is 1.